The number of hydrogen-bond donors (Lipinski definition) is 1. The Bertz CT molecular complexity index is 789. The maximum absolute atomic E-state index is 12.7. The minimum Gasteiger partial charge on any atom is -0.347 e. The van der Waals surface area contributed by atoms with E-state index < -0.39 is 10.0 Å². The normalized spacial score (nSPS) is 23.5. The summed E-state index contributed by atoms with van der Waals surface area (Å²) in [5, 5.41) is 2.68. The topological polar surface area (TPSA) is 86.8 Å². The predicted molar refractivity (Wildman–Crippen MR) is 99.8 cm³/mol. The Morgan fingerprint density at radius 1 is 1.15 bits per heavy atom. The molecule has 1 N–H and O–H groups in total. The van der Waals surface area contributed by atoms with Crippen molar-refractivity contribution >= 4 is 37.8 Å². The van der Waals surface area contributed by atoms with Gasteiger partial charge < -0.3 is 10.2 Å². The summed E-state index contributed by atoms with van der Waals surface area (Å²) in [5.74, 6) is 0.197. The van der Waals surface area contributed by atoms with Gasteiger partial charge in [-0.3, -0.25) is 9.59 Å². The number of amides is 2. The van der Waals surface area contributed by atoms with E-state index in [4.69, 9.17) is 0 Å². The van der Waals surface area contributed by atoms with Crippen LogP contribution in [0.25, 0.3) is 0 Å². The number of carbonyl (C=O) groups excluding carboxylic acids is 2. The molecule has 26 heavy (non-hydrogen) atoms. The van der Waals surface area contributed by atoms with Crippen LogP contribution in [0.2, 0.25) is 0 Å². The first kappa shape index (κ1) is 19.3. The van der Waals surface area contributed by atoms with E-state index in [-0.39, 0.29) is 42.3 Å². The molecule has 7 nitrogen and oxygen atoms in total. The second-order valence-electron chi connectivity index (χ2n) is 6.78. The van der Waals surface area contributed by atoms with E-state index in [2.05, 4.69) is 21.2 Å². The molecule has 2 amide bonds. The zero-order valence-electron chi connectivity index (χ0n) is 14.5. The number of nitrogens with one attached hydrogen (secondary N) is 1. The number of hydrogen-bond acceptors (Lipinski definition) is 4. The molecule has 1 aromatic rings. The van der Waals surface area contributed by atoms with E-state index in [0.29, 0.717) is 19.0 Å². The van der Waals surface area contributed by atoms with Crippen LogP contribution in [0.1, 0.15) is 13.3 Å². The second kappa shape index (κ2) is 7.66. The molecule has 9 heteroatoms. The summed E-state index contributed by atoms with van der Waals surface area (Å²) in [7, 11) is -3.56. The number of nitrogens with zero attached hydrogens (tertiary/aromatic N) is 2. The number of rotatable bonds is 5. The van der Waals surface area contributed by atoms with Crippen molar-refractivity contribution in [2.45, 2.75) is 18.2 Å². The van der Waals surface area contributed by atoms with Gasteiger partial charge in [-0.25, -0.2) is 8.42 Å². The lowest BCUT2D eigenvalue weighted by Crippen LogP contribution is -2.52. The SMILES string of the molecule is CC1CC1C(=O)NCC(=O)N1CCN(S(=O)(=O)c2ccc(Br)cc2)CC1. The smallest absolute Gasteiger partial charge is 0.243 e. The van der Waals surface area contributed by atoms with Crippen molar-refractivity contribution < 1.29 is 18.0 Å². The maximum Gasteiger partial charge on any atom is 0.243 e. The Hall–Kier alpha value is -1.45. The summed E-state index contributed by atoms with van der Waals surface area (Å²) in [6, 6.07) is 6.50. The molecule has 2 aliphatic rings. The Kier molecular flexibility index (Phi) is 5.69. The summed E-state index contributed by atoms with van der Waals surface area (Å²) >= 11 is 3.29. The number of piperazine rings is 1. The molecule has 1 saturated heterocycles. The largest absolute Gasteiger partial charge is 0.347 e. The van der Waals surface area contributed by atoms with Gasteiger partial charge in [0.2, 0.25) is 21.8 Å². The van der Waals surface area contributed by atoms with E-state index in [9.17, 15) is 18.0 Å². The molecular weight excluding hydrogens is 422 g/mol. The Morgan fingerprint density at radius 3 is 2.27 bits per heavy atom. The predicted octanol–water partition coefficient (Wildman–Crippen LogP) is 1.05. The van der Waals surface area contributed by atoms with Crippen molar-refractivity contribution in [1.29, 1.82) is 0 Å². The molecular formula is C17H22BrN3O4S. The molecule has 1 aromatic carbocycles. The van der Waals surface area contributed by atoms with Crippen LogP contribution in [-0.4, -0.2) is 62.2 Å². The lowest BCUT2D eigenvalue weighted by Gasteiger charge is -2.34. The Balaban J connectivity index is 1.51. The minimum atomic E-state index is -3.56. The lowest BCUT2D eigenvalue weighted by molar-refractivity contribution is -0.134. The van der Waals surface area contributed by atoms with Crippen LogP contribution < -0.4 is 5.32 Å². The third-order valence-electron chi connectivity index (χ3n) is 4.90. The highest BCUT2D eigenvalue weighted by Crippen LogP contribution is 2.37. The molecule has 2 fully saturated rings. The average Bonchev–Trinajstić information content (AvgIpc) is 3.36. The van der Waals surface area contributed by atoms with E-state index in [1.807, 2.05) is 6.92 Å². The molecule has 1 heterocycles. The van der Waals surface area contributed by atoms with Crippen LogP contribution in [0.3, 0.4) is 0 Å². The van der Waals surface area contributed by atoms with Crippen molar-refractivity contribution in [2.24, 2.45) is 11.8 Å². The van der Waals surface area contributed by atoms with Crippen LogP contribution in [0.5, 0.6) is 0 Å². The van der Waals surface area contributed by atoms with Crippen LogP contribution in [-0.2, 0) is 19.6 Å². The summed E-state index contributed by atoms with van der Waals surface area (Å²) in [6.45, 7) is 3.13. The van der Waals surface area contributed by atoms with Crippen LogP contribution in [0.15, 0.2) is 33.6 Å². The molecule has 1 aliphatic carbocycles. The Labute approximate surface area is 161 Å². The van der Waals surface area contributed by atoms with E-state index in [1.165, 1.54) is 4.31 Å². The van der Waals surface area contributed by atoms with Gasteiger partial charge in [0.1, 0.15) is 0 Å². The summed E-state index contributed by atoms with van der Waals surface area (Å²) in [6.07, 6.45) is 0.882. The van der Waals surface area contributed by atoms with Crippen molar-refractivity contribution in [1.82, 2.24) is 14.5 Å². The molecule has 0 aromatic heterocycles. The zero-order valence-corrected chi connectivity index (χ0v) is 16.9. The van der Waals surface area contributed by atoms with Gasteiger partial charge in [-0.05, 0) is 36.6 Å². The van der Waals surface area contributed by atoms with Gasteiger partial charge in [-0.2, -0.15) is 4.31 Å². The Morgan fingerprint density at radius 2 is 1.73 bits per heavy atom. The zero-order chi connectivity index (χ0) is 18.9. The number of benzene rings is 1. The monoisotopic (exact) mass is 443 g/mol. The molecule has 0 bridgehead atoms. The molecule has 2 unspecified atom stereocenters. The van der Waals surface area contributed by atoms with Crippen LogP contribution in [0.4, 0.5) is 0 Å². The third kappa shape index (κ3) is 4.27. The first-order valence-electron chi connectivity index (χ1n) is 8.60. The molecule has 3 rings (SSSR count). The number of halogens is 1. The van der Waals surface area contributed by atoms with Gasteiger partial charge in [0.25, 0.3) is 0 Å². The van der Waals surface area contributed by atoms with Gasteiger partial charge in [0, 0.05) is 36.6 Å². The minimum absolute atomic E-state index is 0.0263. The lowest BCUT2D eigenvalue weighted by atomic mass is 10.3. The summed E-state index contributed by atoms with van der Waals surface area (Å²) in [4.78, 5) is 25.9. The van der Waals surface area contributed by atoms with E-state index >= 15 is 0 Å². The second-order valence-corrected chi connectivity index (χ2v) is 9.63. The van der Waals surface area contributed by atoms with E-state index in [0.717, 1.165) is 10.9 Å². The van der Waals surface area contributed by atoms with Gasteiger partial charge in [0.05, 0.1) is 11.4 Å². The summed E-state index contributed by atoms with van der Waals surface area (Å²) in [5.41, 5.74) is 0. The van der Waals surface area contributed by atoms with Gasteiger partial charge in [-0.15, -0.1) is 0 Å². The molecule has 1 saturated carbocycles. The highest BCUT2D eigenvalue weighted by molar-refractivity contribution is 9.10. The highest BCUT2D eigenvalue weighted by atomic mass is 79.9. The van der Waals surface area contributed by atoms with E-state index in [1.54, 1.807) is 29.2 Å². The molecule has 2 atom stereocenters. The van der Waals surface area contributed by atoms with Crippen molar-refractivity contribution in [3.8, 4) is 0 Å². The molecule has 0 radical (unpaired) electrons. The molecule has 1 aliphatic heterocycles. The van der Waals surface area contributed by atoms with Gasteiger partial charge in [0.15, 0.2) is 0 Å². The van der Waals surface area contributed by atoms with Crippen molar-refractivity contribution in [3.05, 3.63) is 28.7 Å². The molecule has 142 valence electrons. The van der Waals surface area contributed by atoms with Gasteiger partial charge in [-0.1, -0.05) is 22.9 Å². The average molecular weight is 444 g/mol. The quantitative estimate of drug-likeness (QED) is 0.736. The maximum atomic E-state index is 12.7. The van der Waals surface area contributed by atoms with Crippen LogP contribution in [0, 0.1) is 11.8 Å². The number of sulfonamides is 1. The first-order chi connectivity index (χ1) is 12.3. The fraction of sp³-hybridized carbons (Fsp3) is 0.529. The molecule has 0 spiro atoms. The van der Waals surface area contributed by atoms with Crippen molar-refractivity contribution in [2.75, 3.05) is 32.7 Å². The van der Waals surface area contributed by atoms with Crippen LogP contribution >= 0.6 is 15.9 Å². The number of carbonyl (C=O) groups is 2. The standard InChI is InChI=1S/C17H22BrN3O4S/c1-12-10-15(12)17(23)19-11-16(22)20-6-8-21(9-7-20)26(24,25)14-4-2-13(18)3-5-14/h2-5,12,15H,6-11H2,1H3,(H,19,23). The van der Waals surface area contributed by atoms with Gasteiger partial charge >= 0.3 is 0 Å². The fourth-order valence-electron chi connectivity index (χ4n) is 3.03. The van der Waals surface area contributed by atoms with Crippen molar-refractivity contribution in [3.63, 3.8) is 0 Å². The fourth-order valence-corrected chi connectivity index (χ4v) is 4.71. The third-order valence-corrected chi connectivity index (χ3v) is 7.34. The highest BCUT2D eigenvalue weighted by Gasteiger charge is 2.39. The first-order valence-corrected chi connectivity index (χ1v) is 10.8. The summed E-state index contributed by atoms with van der Waals surface area (Å²) < 4.78 is 27.5.